The Morgan fingerprint density at radius 3 is 2.59 bits per heavy atom. The lowest BCUT2D eigenvalue weighted by Gasteiger charge is -2.32. The monoisotopic (exact) mass is 394 g/mol. The van der Waals surface area contributed by atoms with Gasteiger partial charge < -0.3 is 19.0 Å². The minimum Gasteiger partial charge on any atom is -0.492 e. The van der Waals surface area contributed by atoms with E-state index >= 15 is 0 Å². The standard InChI is InChI=1S/C23H22O6/c1-13(24)28-22(23(2,3)26)16-12-27-18-10-9-15-17(25)11-19(29-21(15)20(16)18)14-7-5-4-6-8-14/h4-11,16,22,26H,12H2,1-3H3/t16-,22+/m0/s1. The Balaban J connectivity index is 1.93. The van der Waals surface area contributed by atoms with Gasteiger partial charge in [0, 0.05) is 24.1 Å². The molecule has 0 bridgehead atoms. The van der Waals surface area contributed by atoms with Gasteiger partial charge in [-0.15, -0.1) is 0 Å². The second-order valence-corrected chi connectivity index (χ2v) is 7.80. The smallest absolute Gasteiger partial charge is 0.303 e. The molecule has 2 aromatic carbocycles. The van der Waals surface area contributed by atoms with Gasteiger partial charge in [0.05, 0.1) is 23.5 Å². The van der Waals surface area contributed by atoms with E-state index in [9.17, 15) is 14.7 Å². The molecule has 0 aliphatic carbocycles. The molecule has 3 aromatic rings. The van der Waals surface area contributed by atoms with E-state index in [0.717, 1.165) is 5.56 Å². The minimum absolute atomic E-state index is 0.175. The maximum atomic E-state index is 12.8. The molecule has 1 N–H and O–H groups in total. The molecule has 1 aromatic heterocycles. The number of ether oxygens (including phenoxy) is 2. The van der Waals surface area contributed by atoms with Gasteiger partial charge >= 0.3 is 5.97 Å². The van der Waals surface area contributed by atoms with Gasteiger partial charge in [-0.05, 0) is 26.0 Å². The summed E-state index contributed by atoms with van der Waals surface area (Å²) in [4.78, 5) is 24.5. The summed E-state index contributed by atoms with van der Waals surface area (Å²) in [6, 6.07) is 14.2. The summed E-state index contributed by atoms with van der Waals surface area (Å²) in [5, 5.41) is 11.1. The molecule has 2 heterocycles. The van der Waals surface area contributed by atoms with Crippen LogP contribution in [-0.4, -0.2) is 29.4 Å². The number of hydrogen-bond donors (Lipinski definition) is 1. The van der Waals surface area contributed by atoms with Gasteiger partial charge in [-0.2, -0.15) is 0 Å². The first-order chi connectivity index (χ1) is 13.8. The summed E-state index contributed by atoms with van der Waals surface area (Å²) in [7, 11) is 0. The highest BCUT2D eigenvalue weighted by Gasteiger charge is 2.43. The number of hydrogen-bond acceptors (Lipinski definition) is 6. The van der Waals surface area contributed by atoms with Crippen LogP contribution in [0.25, 0.3) is 22.3 Å². The average Bonchev–Trinajstić information content (AvgIpc) is 3.10. The highest BCUT2D eigenvalue weighted by Crippen LogP contribution is 2.44. The molecule has 29 heavy (non-hydrogen) atoms. The molecular weight excluding hydrogens is 372 g/mol. The van der Waals surface area contributed by atoms with Crippen molar-refractivity contribution in [1.82, 2.24) is 0 Å². The second kappa shape index (κ2) is 7.04. The van der Waals surface area contributed by atoms with E-state index in [1.54, 1.807) is 26.0 Å². The van der Waals surface area contributed by atoms with E-state index < -0.39 is 23.6 Å². The van der Waals surface area contributed by atoms with Crippen LogP contribution in [0.5, 0.6) is 5.75 Å². The summed E-state index contributed by atoms with van der Waals surface area (Å²) in [5.41, 5.74) is 0.300. The molecule has 150 valence electrons. The molecule has 0 saturated heterocycles. The maximum Gasteiger partial charge on any atom is 0.303 e. The first kappa shape index (κ1) is 19.2. The van der Waals surface area contributed by atoms with E-state index in [1.807, 2.05) is 30.3 Å². The fourth-order valence-electron chi connectivity index (χ4n) is 3.84. The Labute approximate surface area is 167 Å². The molecule has 6 nitrogen and oxygen atoms in total. The third-order valence-corrected chi connectivity index (χ3v) is 5.10. The van der Waals surface area contributed by atoms with Gasteiger partial charge in [0.2, 0.25) is 0 Å². The van der Waals surface area contributed by atoms with Crippen molar-refractivity contribution in [1.29, 1.82) is 0 Å². The predicted octanol–water partition coefficient (Wildman–Crippen LogP) is 3.64. The van der Waals surface area contributed by atoms with Crippen LogP contribution in [0.3, 0.4) is 0 Å². The normalized spacial score (nSPS) is 16.9. The lowest BCUT2D eigenvalue weighted by atomic mass is 9.85. The van der Waals surface area contributed by atoms with Gasteiger partial charge in [0.15, 0.2) is 5.43 Å². The SMILES string of the molecule is CC(=O)O[C@H]([C@H]1COc2ccc3c(=O)cc(-c4ccccc4)oc3c21)C(C)(C)O. The van der Waals surface area contributed by atoms with Crippen LogP contribution in [0.15, 0.2) is 57.7 Å². The molecule has 2 atom stereocenters. The quantitative estimate of drug-likeness (QED) is 0.680. The zero-order chi connectivity index (χ0) is 20.8. The van der Waals surface area contributed by atoms with Gasteiger partial charge in [-0.25, -0.2) is 0 Å². The van der Waals surface area contributed by atoms with Crippen molar-refractivity contribution in [2.24, 2.45) is 0 Å². The van der Waals surface area contributed by atoms with Crippen LogP contribution in [0.4, 0.5) is 0 Å². The number of carbonyl (C=O) groups excluding carboxylic acids is 1. The average molecular weight is 394 g/mol. The highest BCUT2D eigenvalue weighted by molar-refractivity contribution is 5.85. The largest absolute Gasteiger partial charge is 0.492 e. The third-order valence-electron chi connectivity index (χ3n) is 5.10. The summed E-state index contributed by atoms with van der Waals surface area (Å²) in [6.07, 6.45) is -0.863. The highest BCUT2D eigenvalue weighted by atomic mass is 16.6. The topological polar surface area (TPSA) is 86.0 Å². The molecule has 0 saturated carbocycles. The van der Waals surface area contributed by atoms with Crippen LogP contribution >= 0.6 is 0 Å². The van der Waals surface area contributed by atoms with E-state index in [-0.39, 0.29) is 12.0 Å². The Morgan fingerprint density at radius 1 is 1.21 bits per heavy atom. The van der Waals surface area contributed by atoms with Crippen molar-refractivity contribution in [2.45, 2.75) is 38.4 Å². The lowest BCUT2D eigenvalue weighted by molar-refractivity contribution is -0.162. The van der Waals surface area contributed by atoms with Gasteiger partial charge in [0.1, 0.15) is 23.2 Å². The maximum absolute atomic E-state index is 12.8. The fourth-order valence-corrected chi connectivity index (χ4v) is 3.84. The van der Waals surface area contributed by atoms with Gasteiger partial charge in [0.25, 0.3) is 0 Å². The molecule has 0 amide bonds. The van der Waals surface area contributed by atoms with E-state index in [0.29, 0.717) is 28.0 Å². The number of benzene rings is 2. The van der Waals surface area contributed by atoms with E-state index in [4.69, 9.17) is 13.9 Å². The lowest BCUT2D eigenvalue weighted by Crippen LogP contribution is -2.44. The van der Waals surface area contributed by atoms with E-state index in [1.165, 1.54) is 13.0 Å². The van der Waals surface area contributed by atoms with Crippen LogP contribution in [0.1, 0.15) is 32.3 Å². The zero-order valence-electron chi connectivity index (χ0n) is 16.5. The zero-order valence-corrected chi connectivity index (χ0v) is 16.5. The predicted molar refractivity (Wildman–Crippen MR) is 108 cm³/mol. The summed E-state index contributed by atoms with van der Waals surface area (Å²) < 4.78 is 17.4. The van der Waals surface area contributed by atoms with Crippen LogP contribution < -0.4 is 10.2 Å². The van der Waals surface area contributed by atoms with Crippen molar-refractivity contribution in [3.63, 3.8) is 0 Å². The first-order valence-electron chi connectivity index (χ1n) is 9.44. The molecule has 0 spiro atoms. The summed E-state index contributed by atoms with van der Waals surface area (Å²) in [6.45, 7) is 4.66. The first-order valence-corrected chi connectivity index (χ1v) is 9.44. The second-order valence-electron chi connectivity index (χ2n) is 7.80. The minimum atomic E-state index is -1.32. The fraction of sp³-hybridized carbons (Fsp3) is 0.304. The summed E-state index contributed by atoms with van der Waals surface area (Å²) in [5.74, 6) is 0.00993. The van der Waals surface area contributed by atoms with Crippen molar-refractivity contribution < 1.29 is 23.8 Å². The molecule has 0 unspecified atom stereocenters. The number of aliphatic hydroxyl groups is 1. The van der Waals surface area contributed by atoms with Crippen molar-refractivity contribution in [2.75, 3.05) is 6.61 Å². The van der Waals surface area contributed by atoms with Gasteiger partial charge in [-0.3, -0.25) is 9.59 Å². The van der Waals surface area contributed by atoms with Crippen molar-refractivity contribution in [3.05, 3.63) is 64.3 Å². The van der Waals surface area contributed by atoms with Gasteiger partial charge in [-0.1, -0.05) is 30.3 Å². The molecule has 1 aliphatic heterocycles. The number of fused-ring (bicyclic) bond motifs is 3. The van der Waals surface area contributed by atoms with Crippen molar-refractivity contribution in [3.8, 4) is 17.1 Å². The molecular formula is C23H22O6. The Morgan fingerprint density at radius 2 is 1.93 bits per heavy atom. The Bertz CT molecular complexity index is 1120. The Kier molecular flexibility index (Phi) is 4.67. The Hall–Kier alpha value is -3.12. The van der Waals surface area contributed by atoms with Crippen molar-refractivity contribution >= 4 is 16.9 Å². The molecule has 4 rings (SSSR count). The summed E-state index contributed by atoms with van der Waals surface area (Å²) >= 11 is 0. The third kappa shape index (κ3) is 3.51. The van der Waals surface area contributed by atoms with Crippen LogP contribution in [0, 0.1) is 0 Å². The number of esters is 1. The molecule has 0 fully saturated rings. The molecule has 6 heteroatoms. The van der Waals surface area contributed by atoms with Crippen LogP contribution in [0.2, 0.25) is 0 Å². The van der Waals surface area contributed by atoms with E-state index in [2.05, 4.69) is 0 Å². The van der Waals surface area contributed by atoms with Crippen LogP contribution in [-0.2, 0) is 9.53 Å². The molecule has 1 aliphatic rings. The number of rotatable bonds is 4. The number of carbonyl (C=O) groups is 1. The molecule has 0 radical (unpaired) electrons.